The van der Waals surface area contributed by atoms with Crippen molar-refractivity contribution in [3.05, 3.63) is 72.7 Å². The monoisotopic (exact) mass is 482 g/mol. The summed E-state index contributed by atoms with van der Waals surface area (Å²) in [5.41, 5.74) is 2.06. The number of nitrogens with zero attached hydrogens (tertiary/aromatic N) is 3. The number of aromatic nitrogens is 3. The van der Waals surface area contributed by atoms with Crippen LogP contribution >= 0.6 is 0 Å². The van der Waals surface area contributed by atoms with E-state index >= 15 is 0 Å². The molecule has 0 radical (unpaired) electrons. The SMILES string of the molecule is FC(F)(F)c1cccc(-n2cc(-c3ccccc3)c3c(NCCC[NH+]4CCOCC4)ncnc32)c1. The van der Waals surface area contributed by atoms with Crippen LogP contribution in [0.5, 0.6) is 0 Å². The van der Waals surface area contributed by atoms with Gasteiger partial charge in [-0.15, -0.1) is 0 Å². The molecule has 0 amide bonds. The molecule has 0 spiro atoms. The molecule has 3 heterocycles. The van der Waals surface area contributed by atoms with E-state index in [0.717, 1.165) is 74.5 Å². The maximum atomic E-state index is 13.4. The number of hydrogen-bond acceptors (Lipinski definition) is 4. The fraction of sp³-hybridized carbons (Fsp3) is 0.308. The van der Waals surface area contributed by atoms with Crippen molar-refractivity contribution in [3.8, 4) is 16.8 Å². The standard InChI is InChI=1S/C26H26F3N5O/c27-26(28,29)20-8-4-9-21(16-20)34-17-22(19-6-2-1-3-7-19)23-24(31-18-32-25(23)34)30-10-5-11-33-12-14-35-15-13-33/h1-4,6-9,16-18H,5,10-15H2,(H,30,31,32)/p+1. The van der Waals surface area contributed by atoms with Gasteiger partial charge in [0.05, 0.1) is 30.7 Å². The van der Waals surface area contributed by atoms with Gasteiger partial charge in [0.1, 0.15) is 25.2 Å². The van der Waals surface area contributed by atoms with Crippen molar-refractivity contribution in [3.63, 3.8) is 0 Å². The van der Waals surface area contributed by atoms with Gasteiger partial charge in [0.25, 0.3) is 0 Å². The highest BCUT2D eigenvalue weighted by molar-refractivity contribution is 6.02. The van der Waals surface area contributed by atoms with Crippen molar-refractivity contribution in [1.82, 2.24) is 14.5 Å². The van der Waals surface area contributed by atoms with Gasteiger partial charge >= 0.3 is 6.18 Å². The van der Waals surface area contributed by atoms with Crippen molar-refractivity contribution in [2.75, 3.05) is 44.7 Å². The number of quaternary nitrogens is 1. The summed E-state index contributed by atoms with van der Waals surface area (Å²) in [6.45, 7) is 5.43. The smallest absolute Gasteiger partial charge is 0.370 e. The average Bonchev–Trinajstić information content (AvgIpc) is 3.28. The normalized spacial score (nSPS) is 14.9. The first kappa shape index (κ1) is 23.3. The third-order valence-electron chi connectivity index (χ3n) is 6.32. The number of rotatable bonds is 7. The molecule has 35 heavy (non-hydrogen) atoms. The zero-order valence-electron chi connectivity index (χ0n) is 19.2. The maximum absolute atomic E-state index is 13.4. The van der Waals surface area contributed by atoms with Gasteiger partial charge in [0, 0.05) is 30.4 Å². The second kappa shape index (κ2) is 10.1. The quantitative estimate of drug-likeness (QED) is 0.393. The number of nitrogens with one attached hydrogen (secondary N) is 2. The summed E-state index contributed by atoms with van der Waals surface area (Å²) < 4.78 is 47.3. The second-order valence-electron chi connectivity index (χ2n) is 8.64. The molecule has 182 valence electrons. The first-order chi connectivity index (χ1) is 17.0. The van der Waals surface area contributed by atoms with Gasteiger partial charge < -0.3 is 19.5 Å². The van der Waals surface area contributed by atoms with Gasteiger partial charge in [0.2, 0.25) is 0 Å². The van der Waals surface area contributed by atoms with Crippen LogP contribution in [-0.4, -0.2) is 53.9 Å². The molecule has 4 aromatic rings. The number of ether oxygens (including phenoxy) is 1. The predicted octanol–water partition coefficient (Wildman–Crippen LogP) is 3.82. The first-order valence-electron chi connectivity index (χ1n) is 11.7. The summed E-state index contributed by atoms with van der Waals surface area (Å²) >= 11 is 0. The number of hydrogen-bond donors (Lipinski definition) is 2. The van der Waals surface area contributed by atoms with Gasteiger partial charge in [0.15, 0.2) is 5.65 Å². The van der Waals surface area contributed by atoms with Crippen molar-refractivity contribution in [2.24, 2.45) is 0 Å². The number of morpholine rings is 1. The molecule has 0 saturated carbocycles. The maximum Gasteiger partial charge on any atom is 0.416 e. The van der Waals surface area contributed by atoms with E-state index < -0.39 is 11.7 Å². The van der Waals surface area contributed by atoms with Gasteiger partial charge in [-0.05, 0) is 23.8 Å². The number of alkyl halides is 3. The molecule has 6 nitrogen and oxygen atoms in total. The summed E-state index contributed by atoms with van der Waals surface area (Å²) in [5.74, 6) is 0.677. The minimum Gasteiger partial charge on any atom is -0.370 e. The highest BCUT2D eigenvalue weighted by Gasteiger charge is 2.31. The van der Waals surface area contributed by atoms with E-state index in [0.29, 0.717) is 17.2 Å². The molecule has 5 rings (SSSR count). The molecule has 1 fully saturated rings. The Balaban J connectivity index is 1.50. The lowest BCUT2D eigenvalue weighted by atomic mass is 10.1. The minimum atomic E-state index is -4.43. The Morgan fingerprint density at radius 2 is 1.80 bits per heavy atom. The Morgan fingerprint density at radius 1 is 1.00 bits per heavy atom. The molecule has 0 unspecified atom stereocenters. The molecule has 1 aliphatic heterocycles. The Bertz CT molecular complexity index is 1280. The van der Waals surface area contributed by atoms with E-state index in [1.54, 1.807) is 10.6 Å². The van der Waals surface area contributed by atoms with Crippen LogP contribution in [0.3, 0.4) is 0 Å². The average molecular weight is 483 g/mol. The molecule has 0 atom stereocenters. The number of halogens is 3. The topological polar surface area (TPSA) is 56.4 Å². The van der Waals surface area contributed by atoms with E-state index in [9.17, 15) is 13.2 Å². The summed E-state index contributed by atoms with van der Waals surface area (Å²) in [5, 5.41) is 4.24. The number of fused-ring (bicyclic) bond motifs is 1. The van der Waals surface area contributed by atoms with E-state index in [-0.39, 0.29) is 0 Å². The molecule has 1 aliphatic rings. The third-order valence-corrected chi connectivity index (χ3v) is 6.32. The van der Waals surface area contributed by atoms with Crippen LogP contribution in [0.1, 0.15) is 12.0 Å². The highest BCUT2D eigenvalue weighted by atomic mass is 19.4. The van der Waals surface area contributed by atoms with Gasteiger partial charge in [-0.25, -0.2) is 9.97 Å². The lowest BCUT2D eigenvalue weighted by Crippen LogP contribution is -3.14. The summed E-state index contributed by atoms with van der Waals surface area (Å²) in [7, 11) is 0. The molecule has 2 aromatic heterocycles. The second-order valence-corrected chi connectivity index (χ2v) is 8.64. The third kappa shape index (κ3) is 5.16. The van der Waals surface area contributed by atoms with Crippen LogP contribution in [-0.2, 0) is 10.9 Å². The van der Waals surface area contributed by atoms with Crippen molar-refractivity contribution in [1.29, 1.82) is 0 Å². The molecule has 9 heteroatoms. The highest BCUT2D eigenvalue weighted by Crippen LogP contribution is 2.36. The minimum absolute atomic E-state index is 0.396. The van der Waals surface area contributed by atoms with Crippen LogP contribution in [0.25, 0.3) is 27.8 Å². The molecular weight excluding hydrogens is 455 g/mol. The van der Waals surface area contributed by atoms with Gasteiger partial charge in [-0.2, -0.15) is 13.2 Å². The van der Waals surface area contributed by atoms with E-state index in [4.69, 9.17) is 4.74 Å². The van der Waals surface area contributed by atoms with Gasteiger partial charge in [-0.3, -0.25) is 0 Å². The van der Waals surface area contributed by atoms with Crippen molar-refractivity contribution in [2.45, 2.75) is 12.6 Å². The Kier molecular flexibility index (Phi) is 6.70. The zero-order chi connectivity index (χ0) is 24.3. The molecule has 0 bridgehead atoms. The Labute approximate surface area is 201 Å². The Hall–Kier alpha value is -3.43. The van der Waals surface area contributed by atoms with Crippen LogP contribution < -0.4 is 10.2 Å². The molecule has 1 saturated heterocycles. The predicted molar refractivity (Wildman–Crippen MR) is 129 cm³/mol. The number of anilines is 1. The van der Waals surface area contributed by atoms with Gasteiger partial charge in [-0.1, -0.05) is 36.4 Å². The van der Waals surface area contributed by atoms with E-state index in [2.05, 4.69) is 15.3 Å². The number of benzene rings is 2. The first-order valence-corrected chi connectivity index (χ1v) is 11.7. The van der Waals surface area contributed by atoms with E-state index in [1.165, 1.54) is 17.3 Å². The van der Waals surface area contributed by atoms with Crippen LogP contribution in [0, 0.1) is 0 Å². The fourth-order valence-corrected chi connectivity index (χ4v) is 4.52. The van der Waals surface area contributed by atoms with Crippen molar-refractivity contribution < 1.29 is 22.8 Å². The van der Waals surface area contributed by atoms with Crippen molar-refractivity contribution >= 4 is 16.9 Å². The summed E-state index contributed by atoms with van der Waals surface area (Å²) in [6.07, 6.45) is -0.161. The summed E-state index contributed by atoms with van der Waals surface area (Å²) in [4.78, 5) is 10.5. The van der Waals surface area contributed by atoms with Crippen LogP contribution in [0.2, 0.25) is 0 Å². The fourth-order valence-electron chi connectivity index (χ4n) is 4.52. The molecule has 2 N–H and O–H groups in total. The molecular formula is C26H27F3N5O+. The van der Waals surface area contributed by atoms with E-state index in [1.807, 2.05) is 36.5 Å². The van der Waals surface area contributed by atoms with Crippen LogP contribution in [0.4, 0.5) is 19.0 Å². The Morgan fingerprint density at radius 3 is 2.57 bits per heavy atom. The molecule has 0 aliphatic carbocycles. The lowest BCUT2D eigenvalue weighted by Gasteiger charge is -2.23. The largest absolute Gasteiger partial charge is 0.416 e. The molecule has 2 aromatic carbocycles. The summed E-state index contributed by atoms with van der Waals surface area (Å²) in [6, 6.07) is 15.0. The lowest BCUT2D eigenvalue weighted by molar-refractivity contribution is -0.908. The zero-order valence-corrected chi connectivity index (χ0v) is 19.2. The van der Waals surface area contributed by atoms with Crippen LogP contribution in [0.15, 0.2) is 67.1 Å².